The Kier molecular flexibility index (Phi) is 6.55. The molecule has 27 heavy (non-hydrogen) atoms. The summed E-state index contributed by atoms with van der Waals surface area (Å²) < 4.78 is 55.3. The van der Waals surface area contributed by atoms with Gasteiger partial charge in [-0.15, -0.1) is 0 Å². The van der Waals surface area contributed by atoms with Gasteiger partial charge in [-0.3, -0.25) is 4.79 Å². The van der Waals surface area contributed by atoms with Crippen molar-refractivity contribution >= 4 is 11.9 Å². The molecule has 0 saturated carbocycles. The monoisotopic (exact) mass is 383 g/mol. The first-order valence-corrected chi connectivity index (χ1v) is 8.07. The predicted octanol–water partition coefficient (Wildman–Crippen LogP) is 3.75. The molecule has 144 valence electrons. The Morgan fingerprint density at radius 2 is 1.63 bits per heavy atom. The molecule has 0 unspecified atom stereocenters. The number of hydrogen-bond donors (Lipinski definition) is 1. The van der Waals surface area contributed by atoms with Crippen LogP contribution in [0.2, 0.25) is 0 Å². The van der Waals surface area contributed by atoms with Gasteiger partial charge in [0.2, 0.25) is 0 Å². The Labute approximate surface area is 153 Å². The second-order valence-electron chi connectivity index (χ2n) is 5.79. The fraction of sp³-hybridized carbons (Fsp3) is 0.263. The lowest BCUT2D eigenvalue weighted by Crippen LogP contribution is -2.36. The molecule has 0 fully saturated rings. The van der Waals surface area contributed by atoms with E-state index in [0.29, 0.717) is 6.42 Å². The van der Waals surface area contributed by atoms with Crippen LogP contribution >= 0.6 is 0 Å². The summed E-state index contributed by atoms with van der Waals surface area (Å²) in [5.41, 5.74) is -0.148. The van der Waals surface area contributed by atoms with E-state index in [4.69, 9.17) is 4.74 Å². The molecule has 0 aromatic heterocycles. The summed E-state index contributed by atoms with van der Waals surface area (Å²) in [5, 5.41) is 2.57. The largest absolute Gasteiger partial charge is 0.449 e. The van der Waals surface area contributed by atoms with Crippen LogP contribution in [0, 0.1) is 5.82 Å². The molecule has 0 radical (unpaired) electrons. The fourth-order valence-corrected chi connectivity index (χ4v) is 2.20. The average Bonchev–Trinajstić information content (AvgIpc) is 2.62. The van der Waals surface area contributed by atoms with Gasteiger partial charge in [0.15, 0.2) is 6.10 Å². The van der Waals surface area contributed by atoms with Gasteiger partial charge >= 0.3 is 12.1 Å². The van der Waals surface area contributed by atoms with Gasteiger partial charge in [-0.25, -0.2) is 9.18 Å². The molecule has 0 aliphatic heterocycles. The van der Waals surface area contributed by atoms with Gasteiger partial charge in [0.05, 0.1) is 11.1 Å². The van der Waals surface area contributed by atoms with Gasteiger partial charge in [-0.2, -0.15) is 13.2 Å². The number of esters is 1. The van der Waals surface area contributed by atoms with Crippen molar-refractivity contribution in [3.05, 3.63) is 71.0 Å². The van der Waals surface area contributed by atoms with E-state index >= 15 is 0 Å². The van der Waals surface area contributed by atoms with E-state index in [9.17, 15) is 27.2 Å². The molecule has 1 atom stereocenters. The first-order valence-electron chi connectivity index (χ1n) is 8.07. The van der Waals surface area contributed by atoms with Crippen LogP contribution in [0.3, 0.4) is 0 Å². The van der Waals surface area contributed by atoms with Crippen LogP contribution in [0.5, 0.6) is 0 Å². The maximum Gasteiger partial charge on any atom is 0.416 e. The summed E-state index contributed by atoms with van der Waals surface area (Å²) >= 11 is 0. The first kappa shape index (κ1) is 20.4. The molecule has 1 amide bonds. The Morgan fingerprint density at radius 1 is 1.04 bits per heavy atom. The lowest BCUT2D eigenvalue weighted by atomic mass is 10.1. The van der Waals surface area contributed by atoms with Crippen LogP contribution in [-0.2, 0) is 22.1 Å². The van der Waals surface area contributed by atoms with Crippen LogP contribution in [-0.4, -0.2) is 24.5 Å². The minimum absolute atomic E-state index is 0.0889. The highest BCUT2D eigenvalue weighted by atomic mass is 19.4. The Bertz CT molecular complexity index is 786. The number of carbonyl (C=O) groups is 2. The maximum absolute atomic E-state index is 12.8. The van der Waals surface area contributed by atoms with Gasteiger partial charge in [0.1, 0.15) is 5.82 Å². The topological polar surface area (TPSA) is 55.4 Å². The number of halogens is 4. The van der Waals surface area contributed by atoms with E-state index in [1.54, 1.807) is 12.1 Å². The van der Waals surface area contributed by atoms with Crippen molar-refractivity contribution in [3.63, 3.8) is 0 Å². The van der Waals surface area contributed by atoms with E-state index in [0.717, 1.165) is 29.8 Å². The second kappa shape index (κ2) is 8.66. The summed E-state index contributed by atoms with van der Waals surface area (Å²) in [7, 11) is 0. The highest BCUT2D eigenvalue weighted by Crippen LogP contribution is 2.29. The zero-order valence-electron chi connectivity index (χ0n) is 14.3. The van der Waals surface area contributed by atoms with Crippen LogP contribution in [0.1, 0.15) is 28.4 Å². The van der Waals surface area contributed by atoms with E-state index in [1.807, 2.05) is 0 Å². The van der Waals surface area contributed by atoms with Gasteiger partial charge in [-0.1, -0.05) is 12.1 Å². The van der Waals surface area contributed by atoms with E-state index in [1.165, 1.54) is 19.1 Å². The van der Waals surface area contributed by atoms with Crippen LogP contribution in [0.4, 0.5) is 17.6 Å². The number of rotatable bonds is 6. The molecule has 4 nitrogen and oxygen atoms in total. The minimum Gasteiger partial charge on any atom is -0.449 e. The molecule has 8 heteroatoms. The lowest BCUT2D eigenvalue weighted by molar-refractivity contribution is -0.137. The van der Waals surface area contributed by atoms with Crippen molar-refractivity contribution in [1.82, 2.24) is 5.32 Å². The summed E-state index contributed by atoms with van der Waals surface area (Å²) in [5.74, 6) is -1.80. The number of nitrogens with one attached hydrogen (secondary N) is 1. The fourth-order valence-electron chi connectivity index (χ4n) is 2.20. The summed E-state index contributed by atoms with van der Waals surface area (Å²) in [4.78, 5) is 23.9. The number of ether oxygens (including phenoxy) is 1. The molecular weight excluding hydrogens is 366 g/mol. The molecule has 0 saturated heterocycles. The molecule has 0 heterocycles. The van der Waals surface area contributed by atoms with E-state index in [-0.39, 0.29) is 17.9 Å². The summed E-state index contributed by atoms with van der Waals surface area (Å²) in [6, 6.07) is 9.32. The van der Waals surface area contributed by atoms with Crippen molar-refractivity contribution < 1.29 is 31.9 Å². The van der Waals surface area contributed by atoms with Crippen LogP contribution in [0.15, 0.2) is 48.5 Å². The molecular formula is C19H17F4NO3. The van der Waals surface area contributed by atoms with E-state index < -0.39 is 29.7 Å². The quantitative estimate of drug-likeness (QED) is 0.611. The van der Waals surface area contributed by atoms with Gasteiger partial charge in [0, 0.05) is 6.54 Å². The van der Waals surface area contributed by atoms with Gasteiger partial charge < -0.3 is 10.1 Å². The summed E-state index contributed by atoms with van der Waals surface area (Å²) in [6.07, 6.45) is -5.15. The van der Waals surface area contributed by atoms with Crippen molar-refractivity contribution in [2.75, 3.05) is 6.54 Å². The molecule has 2 aromatic rings. The Hall–Kier alpha value is -2.90. The molecule has 0 spiro atoms. The maximum atomic E-state index is 12.8. The third-order valence-corrected chi connectivity index (χ3v) is 3.73. The van der Waals surface area contributed by atoms with Crippen molar-refractivity contribution in [2.24, 2.45) is 0 Å². The molecule has 0 bridgehead atoms. The number of carbonyl (C=O) groups excluding carboxylic acids is 2. The highest BCUT2D eigenvalue weighted by molar-refractivity contribution is 5.92. The van der Waals surface area contributed by atoms with Crippen molar-refractivity contribution in [1.29, 1.82) is 0 Å². The molecule has 0 aliphatic rings. The van der Waals surface area contributed by atoms with Gasteiger partial charge in [-0.05, 0) is 55.3 Å². The predicted molar refractivity (Wildman–Crippen MR) is 89.4 cm³/mol. The van der Waals surface area contributed by atoms with E-state index in [2.05, 4.69) is 5.32 Å². The average molecular weight is 383 g/mol. The van der Waals surface area contributed by atoms with Crippen LogP contribution in [0.25, 0.3) is 0 Å². The van der Waals surface area contributed by atoms with Crippen LogP contribution < -0.4 is 5.32 Å². The smallest absolute Gasteiger partial charge is 0.416 e. The number of hydrogen-bond acceptors (Lipinski definition) is 3. The zero-order valence-corrected chi connectivity index (χ0v) is 14.3. The second-order valence-corrected chi connectivity index (χ2v) is 5.79. The van der Waals surface area contributed by atoms with Crippen molar-refractivity contribution in [3.8, 4) is 0 Å². The summed E-state index contributed by atoms with van der Waals surface area (Å²) in [6.45, 7) is 1.61. The third-order valence-electron chi connectivity index (χ3n) is 3.73. The number of alkyl halides is 3. The lowest BCUT2D eigenvalue weighted by Gasteiger charge is -2.14. The minimum atomic E-state index is -4.50. The third kappa shape index (κ3) is 6.09. The Balaban J connectivity index is 1.82. The molecule has 1 N–H and O–H groups in total. The highest BCUT2D eigenvalue weighted by Gasteiger charge is 2.30. The SMILES string of the molecule is C[C@@H](OC(=O)c1ccc(C(F)(F)F)cc1)C(=O)NCCc1ccc(F)cc1. The first-order chi connectivity index (χ1) is 12.7. The van der Waals surface area contributed by atoms with Crippen molar-refractivity contribution in [2.45, 2.75) is 25.6 Å². The number of benzene rings is 2. The standard InChI is InChI=1S/C19H17F4NO3/c1-12(17(25)24-11-10-13-2-8-16(20)9-3-13)27-18(26)14-4-6-15(7-5-14)19(21,22)23/h2-9,12H,10-11H2,1H3,(H,24,25)/t12-/m1/s1. The Morgan fingerprint density at radius 3 is 2.19 bits per heavy atom. The van der Waals surface area contributed by atoms with Gasteiger partial charge in [0.25, 0.3) is 5.91 Å². The molecule has 2 rings (SSSR count). The molecule has 2 aromatic carbocycles. The zero-order chi connectivity index (χ0) is 20.0. The normalized spacial score (nSPS) is 12.3. The molecule has 0 aliphatic carbocycles. The number of amides is 1.